The van der Waals surface area contributed by atoms with Crippen molar-refractivity contribution in [2.45, 2.75) is 37.6 Å². The maximum atomic E-state index is 12.7. The SMILES string of the molecule is Cc1ccc([S@@](=O)C[C@H](O[Si](C)(C)C)c2ccccc2)cc1. The molecule has 0 aliphatic heterocycles. The third-order valence-corrected chi connectivity index (χ3v) is 5.65. The lowest BCUT2D eigenvalue weighted by Crippen LogP contribution is -2.30. The molecular formula is C18H24O2SSi. The van der Waals surface area contributed by atoms with Gasteiger partial charge in [0.15, 0.2) is 8.32 Å². The molecule has 0 unspecified atom stereocenters. The summed E-state index contributed by atoms with van der Waals surface area (Å²) in [5, 5.41) is 0. The highest BCUT2D eigenvalue weighted by Crippen LogP contribution is 2.25. The van der Waals surface area contributed by atoms with E-state index in [0.717, 1.165) is 10.5 Å². The van der Waals surface area contributed by atoms with E-state index in [0.29, 0.717) is 5.75 Å². The van der Waals surface area contributed by atoms with E-state index in [1.54, 1.807) is 0 Å². The van der Waals surface area contributed by atoms with Crippen LogP contribution in [0.2, 0.25) is 19.6 Å². The van der Waals surface area contributed by atoms with Crippen LogP contribution in [0.25, 0.3) is 0 Å². The lowest BCUT2D eigenvalue weighted by Gasteiger charge is -2.26. The van der Waals surface area contributed by atoms with E-state index < -0.39 is 19.1 Å². The predicted molar refractivity (Wildman–Crippen MR) is 96.1 cm³/mol. The second kappa shape index (κ2) is 7.35. The van der Waals surface area contributed by atoms with Crippen molar-refractivity contribution in [3.63, 3.8) is 0 Å². The van der Waals surface area contributed by atoms with Crippen molar-refractivity contribution in [1.29, 1.82) is 0 Å². The molecule has 0 aliphatic carbocycles. The maximum absolute atomic E-state index is 12.7. The molecule has 2 aromatic rings. The first-order chi connectivity index (χ1) is 10.3. The lowest BCUT2D eigenvalue weighted by molar-refractivity contribution is 0.222. The Hall–Kier alpha value is -1.23. The molecule has 0 amide bonds. The van der Waals surface area contributed by atoms with E-state index in [1.807, 2.05) is 49.4 Å². The summed E-state index contributed by atoms with van der Waals surface area (Å²) in [6.45, 7) is 8.53. The Morgan fingerprint density at radius 1 is 1.00 bits per heavy atom. The average Bonchev–Trinajstić information content (AvgIpc) is 2.47. The zero-order valence-corrected chi connectivity index (χ0v) is 15.5. The summed E-state index contributed by atoms with van der Waals surface area (Å²) >= 11 is 0. The fraction of sp³-hybridized carbons (Fsp3) is 0.333. The van der Waals surface area contributed by atoms with E-state index in [9.17, 15) is 4.21 Å². The van der Waals surface area contributed by atoms with Gasteiger partial charge in [0.25, 0.3) is 0 Å². The van der Waals surface area contributed by atoms with Crippen LogP contribution < -0.4 is 0 Å². The van der Waals surface area contributed by atoms with Crippen molar-refractivity contribution in [1.82, 2.24) is 0 Å². The van der Waals surface area contributed by atoms with Gasteiger partial charge in [0.1, 0.15) is 0 Å². The molecule has 2 nitrogen and oxygen atoms in total. The van der Waals surface area contributed by atoms with Gasteiger partial charge in [-0.25, -0.2) is 0 Å². The second-order valence-electron chi connectivity index (χ2n) is 6.45. The van der Waals surface area contributed by atoms with Crippen LogP contribution in [-0.4, -0.2) is 18.3 Å². The van der Waals surface area contributed by atoms with Crippen molar-refractivity contribution < 1.29 is 8.63 Å². The van der Waals surface area contributed by atoms with Crippen LogP contribution in [-0.2, 0) is 15.2 Å². The third kappa shape index (κ3) is 5.20. The number of hydrogen-bond donors (Lipinski definition) is 0. The van der Waals surface area contributed by atoms with Crippen molar-refractivity contribution >= 4 is 19.1 Å². The van der Waals surface area contributed by atoms with E-state index in [1.165, 1.54) is 5.56 Å². The van der Waals surface area contributed by atoms with Gasteiger partial charge in [0, 0.05) is 4.90 Å². The Morgan fingerprint density at radius 2 is 1.59 bits per heavy atom. The first-order valence-corrected chi connectivity index (χ1v) is 12.3. The Kier molecular flexibility index (Phi) is 5.73. The molecule has 2 aromatic carbocycles. The van der Waals surface area contributed by atoms with Crippen LogP contribution >= 0.6 is 0 Å². The van der Waals surface area contributed by atoms with Gasteiger partial charge >= 0.3 is 0 Å². The normalized spacial score (nSPS) is 14.5. The van der Waals surface area contributed by atoms with Crippen LogP contribution in [0.1, 0.15) is 17.2 Å². The standard InChI is InChI=1S/C18H24O2SSi/c1-15-10-12-17(13-11-15)21(19)14-18(20-22(2,3)4)16-8-6-5-7-9-16/h5-13,18H,14H2,1-4H3/t18-,21-/m0/s1. The molecule has 0 saturated heterocycles. The van der Waals surface area contributed by atoms with Crippen LogP contribution in [0, 0.1) is 6.92 Å². The van der Waals surface area contributed by atoms with E-state index in [2.05, 4.69) is 31.8 Å². The Balaban J connectivity index is 2.19. The molecule has 0 fully saturated rings. The summed E-state index contributed by atoms with van der Waals surface area (Å²) in [5.74, 6) is 0.497. The molecule has 0 spiro atoms. The molecule has 0 bridgehead atoms. The van der Waals surface area contributed by atoms with Crippen molar-refractivity contribution in [2.75, 3.05) is 5.75 Å². The molecule has 2 rings (SSSR count). The highest BCUT2D eigenvalue weighted by Gasteiger charge is 2.24. The van der Waals surface area contributed by atoms with Crippen LogP contribution in [0.15, 0.2) is 59.5 Å². The van der Waals surface area contributed by atoms with Gasteiger partial charge in [-0.05, 0) is 44.3 Å². The van der Waals surface area contributed by atoms with E-state index in [4.69, 9.17) is 4.43 Å². The number of hydrogen-bond acceptors (Lipinski definition) is 2. The number of benzene rings is 2. The average molecular weight is 333 g/mol. The summed E-state index contributed by atoms with van der Waals surface area (Å²) in [7, 11) is -2.77. The molecule has 0 N–H and O–H groups in total. The molecular weight excluding hydrogens is 308 g/mol. The van der Waals surface area contributed by atoms with Gasteiger partial charge < -0.3 is 4.43 Å². The van der Waals surface area contributed by atoms with Crippen LogP contribution in [0.4, 0.5) is 0 Å². The summed E-state index contributed by atoms with van der Waals surface area (Å²) in [4.78, 5) is 0.866. The van der Waals surface area contributed by atoms with Crippen molar-refractivity contribution in [3.05, 3.63) is 65.7 Å². The molecule has 2 atom stereocenters. The number of rotatable bonds is 6. The smallest absolute Gasteiger partial charge is 0.184 e. The molecule has 4 heteroatoms. The summed E-state index contributed by atoms with van der Waals surface area (Å²) in [6, 6.07) is 18.0. The zero-order chi connectivity index (χ0) is 16.2. The molecule has 0 saturated carbocycles. The summed E-state index contributed by atoms with van der Waals surface area (Å²) in [5.41, 5.74) is 2.28. The monoisotopic (exact) mass is 332 g/mol. The zero-order valence-electron chi connectivity index (χ0n) is 13.7. The van der Waals surface area contributed by atoms with E-state index >= 15 is 0 Å². The molecule has 0 aromatic heterocycles. The highest BCUT2D eigenvalue weighted by atomic mass is 32.2. The van der Waals surface area contributed by atoms with Gasteiger partial charge in [-0.15, -0.1) is 0 Å². The first-order valence-electron chi connectivity index (χ1n) is 7.53. The van der Waals surface area contributed by atoms with Gasteiger partial charge in [-0.2, -0.15) is 0 Å². The summed E-state index contributed by atoms with van der Waals surface area (Å²) < 4.78 is 19.0. The van der Waals surface area contributed by atoms with E-state index in [-0.39, 0.29) is 6.10 Å². The molecule has 0 radical (unpaired) electrons. The molecule has 0 heterocycles. The predicted octanol–water partition coefficient (Wildman–Crippen LogP) is 4.70. The Morgan fingerprint density at radius 3 is 2.14 bits per heavy atom. The largest absolute Gasteiger partial charge is 0.410 e. The lowest BCUT2D eigenvalue weighted by atomic mass is 10.1. The van der Waals surface area contributed by atoms with Gasteiger partial charge in [0.05, 0.1) is 22.7 Å². The quantitative estimate of drug-likeness (QED) is 0.717. The maximum Gasteiger partial charge on any atom is 0.184 e. The van der Waals surface area contributed by atoms with Gasteiger partial charge in [-0.3, -0.25) is 4.21 Å². The topological polar surface area (TPSA) is 26.3 Å². The minimum absolute atomic E-state index is 0.116. The van der Waals surface area contributed by atoms with Crippen LogP contribution in [0.5, 0.6) is 0 Å². The molecule has 118 valence electrons. The highest BCUT2D eigenvalue weighted by molar-refractivity contribution is 7.85. The minimum Gasteiger partial charge on any atom is -0.410 e. The molecule has 22 heavy (non-hydrogen) atoms. The van der Waals surface area contributed by atoms with Gasteiger partial charge in [-0.1, -0.05) is 48.0 Å². The fourth-order valence-corrected chi connectivity index (χ4v) is 4.58. The van der Waals surface area contributed by atoms with Gasteiger partial charge in [0.2, 0.25) is 0 Å². The Bertz CT molecular complexity index is 618. The fourth-order valence-electron chi connectivity index (χ4n) is 2.22. The minimum atomic E-state index is -1.71. The summed E-state index contributed by atoms with van der Waals surface area (Å²) in [6.07, 6.45) is -0.116. The Labute approximate surface area is 137 Å². The first kappa shape index (κ1) is 17.1. The number of aryl methyl sites for hydroxylation is 1. The van der Waals surface area contributed by atoms with Crippen molar-refractivity contribution in [3.8, 4) is 0 Å². The second-order valence-corrected chi connectivity index (χ2v) is 12.4. The molecule has 0 aliphatic rings. The third-order valence-electron chi connectivity index (χ3n) is 3.25. The van der Waals surface area contributed by atoms with Crippen LogP contribution in [0.3, 0.4) is 0 Å². The van der Waals surface area contributed by atoms with Crippen molar-refractivity contribution in [2.24, 2.45) is 0 Å².